The number of imidazole rings is 1. The van der Waals surface area contributed by atoms with Crippen LogP contribution in [0.25, 0.3) is 0 Å². The highest BCUT2D eigenvalue weighted by Crippen LogP contribution is 2.10. The summed E-state index contributed by atoms with van der Waals surface area (Å²) >= 11 is 1.33. The minimum atomic E-state index is -0.529. The lowest BCUT2D eigenvalue weighted by atomic mass is 10.4. The molecule has 0 saturated heterocycles. The molecule has 2 aromatic rings. The van der Waals surface area contributed by atoms with E-state index in [0.717, 1.165) is 0 Å². The Labute approximate surface area is 113 Å². The quantitative estimate of drug-likeness (QED) is 0.853. The number of aryl methyl sites for hydroxylation is 1. The minimum Gasteiger partial charge on any atom is -0.460 e. The molecule has 0 aliphatic rings. The number of anilines is 1. The maximum Gasteiger partial charge on any atom is 0.374 e. The number of carbonyl (C=O) groups excluding carboxylic acids is 2. The Morgan fingerprint density at radius 2 is 2.32 bits per heavy atom. The van der Waals surface area contributed by atoms with Gasteiger partial charge in [-0.2, -0.15) is 0 Å². The molecule has 0 aliphatic heterocycles. The van der Waals surface area contributed by atoms with Gasteiger partial charge in [0, 0.05) is 18.6 Å². The van der Waals surface area contributed by atoms with Gasteiger partial charge in [-0.15, -0.1) is 11.3 Å². The van der Waals surface area contributed by atoms with Crippen LogP contribution in [0.1, 0.15) is 28.0 Å². The van der Waals surface area contributed by atoms with Gasteiger partial charge in [0.15, 0.2) is 5.82 Å². The van der Waals surface area contributed by atoms with Crippen LogP contribution in [-0.2, 0) is 11.8 Å². The Hall–Kier alpha value is -2.22. The van der Waals surface area contributed by atoms with Crippen LogP contribution in [0.5, 0.6) is 0 Å². The Balaban J connectivity index is 2.12. The third-order valence-corrected chi connectivity index (χ3v) is 2.83. The number of amides is 1. The fraction of sp³-hybridized carbons (Fsp3) is 0.273. The van der Waals surface area contributed by atoms with Crippen molar-refractivity contribution in [3.05, 3.63) is 28.6 Å². The van der Waals surface area contributed by atoms with Gasteiger partial charge in [-0.05, 0) is 6.92 Å². The van der Waals surface area contributed by atoms with E-state index in [1.165, 1.54) is 22.1 Å². The molecule has 0 aliphatic carbocycles. The van der Waals surface area contributed by atoms with Crippen LogP contribution in [0.3, 0.4) is 0 Å². The maximum atomic E-state index is 11.8. The number of hydrogen-bond acceptors (Lipinski definition) is 6. The maximum absolute atomic E-state index is 11.8. The highest BCUT2D eigenvalue weighted by Gasteiger charge is 2.17. The topological polar surface area (TPSA) is 86.1 Å². The molecule has 0 atom stereocenters. The summed E-state index contributed by atoms with van der Waals surface area (Å²) in [5.41, 5.74) is 1.88. The Morgan fingerprint density at radius 1 is 1.53 bits per heavy atom. The number of carbonyl (C=O) groups is 2. The fourth-order valence-electron chi connectivity index (χ4n) is 1.42. The number of nitrogens with one attached hydrogen (secondary N) is 1. The molecule has 0 aromatic carbocycles. The van der Waals surface area contributed by atoms with Crippen LogP contribution in [-0.4, -0.2) is 33.0 Å². The van der Waals surface area contributed by atoms with Crippen LogP contribution in [0.15, 0.2) is 17.1 Å². The van der Waals surface area contributed by atoms with Gasteiger partial charge in [0.1, 0.15) is 5.69 Å². The van der Waals surface area contributed by atoms with Crippen molar-refractivity contribution < 1.29 is 14.3 Å². The largest absolute Gasteiger partial charge is 0.460 e. The third kappa shape index (κ3) is 2.97. The van der Waals surface area contributed by atoms with E-state index in [9.17, 15) is 9.59 Å². The van der Waals surface area contributed by atoms with E-state index >= 15 is 0 Å². The van der Waals surface area contributed by atoms with Gasteiger partial charge in [0.25, 0.3) is 5.91 Å². The summed E-state index contributed by atoms with van der Waals surface area (Å²) in [4.78, 5) is 31.2. The Morgan fingerprint density at radius 3 is 2.95 bits per heavy atom. The average molecular weight is 280 g/mol. The monoisotopic (exact) mass is 280 g/mol. The molecule has 0 spiro atoms. The number of rotatable bonds is 4. The summed E-state index contributed by atoms with van der Waals surface area (Å²) in [5, 5.41) is 4.20. The number of nitrogens with zero attached hydrogens (tertiary/aromatic N) is 3. The molecule has 1 amide bonds. The summed E-state index contributed by atoms with van der Waals surface area (Å²) in [6.45, 7) is 1.98. The molecule has 0 saturated carbocycles. The van der Waals surface area contributed by atoms with Crippen molar-refractivity contribution in [3.63, 3.8) is 0 Å². The highest BCUT2D eigenvalue weighted by molar-refractivity contribution is 7.07. The SMILES string of the molecule is CCOC(=O)c1nc(NC(=O)c2cscn2)cn1C. The lowest BCUT2D eigenvalue weighted by molar-refractivity contribution is 0.0508. The molecule has 1 N–H and O–H groups in total. The molecule has 8 heteroatoms. The lowest BCUT2D eigenvalue weighted by Crippen LogP contribution is -2.13. The zero-order chi connectivity index (χ0) is 13.8. The van der Waals surface area contributed by atoms with E-state index in [-0.39, 0.29) is 24.2 Å². The number of thiazole rings is 1. The second kappa shape index (κ2) is 5.61. The van der Waals surface area contributed by atoms with Crippen LogP contribution in [0, 0.1) is 0 Å². The predicted molar refractivity (Wildman–Crippen MR) is 69.2 cm³/mol. The number of esters is 1. The van der Waals surface area contributed by atoms with Gasteiger partial charge in [-0.25, -0.2) is 14.8 Å². The number of hydrogen-bond donors (Lipinski definition) is 1. The predicted octanol–water partition coefficient (Wildman–Crippen LogP) is 1.31. The molecule has 0 unspecified atom stereocenters. The van der Waals surface area contributed by atoms with Gasteiger partial charge in [0.2, 0.25) is 5.82 Å². The minimum absolute atomic E-state index is 0.135. The van der Waals surface area contributed by atoms with Crippen molar-refractivity contribution in [2.75, 3.05) is 11.9 Å². The Bertz CT molecular complexity index is 591. The number of aromatic nitrogens is 3. The molecule has 0 radical (unpaired) electrons. The van der Waals surface area contributed by atoms with Crippen LogP contribution < -0.4 is 5.32 Å². The first-order valence-corrected chi connectivity index (χ1v) is 6.46. The van der Waals surface area contributed by atoms with Crippen LogP contribution >= 0.6 is 11.3 Å². The van der Waals surface area contributed by atoms with Gasteiger partial charge in [0.05, 0.1) is 12.1 Å². The summed E-state index contributed by atoms with van der Waals surface area (Å²) < 4.78 is 6.35. The normalized spacial score (nSPS) is 10.2. The second-order valence-corrected chi connectivity index (χ2v) is 4.33. The van der Waals surface area contributed by atoms with Gasteiger partial charge in [-0.1, -0.05) is 0 Å². The van der Waals surface area contributed by atoms with Crippen molar-refractivity contribution in [2.24, 2.45) is 7.05 Å². The van der Waals surface area contributed by atoms with Gasteiger partial charge >= 0.3 is 5.97 Å². The van der Waals surface area contributed by atoms with E-state index < -0.39 is 5.97 Å². The molecule has 2 aromatic heterocycles. The van der Waals surface area contributed by atoms with E-state index in [4.69, 9.17) is 4.74 Å². The summed E-state index contributed by atoms with van der Waals surface area (Å²) in [6, 6.07) is 0. The smallest absolute Gasteiger partial charge is 0.374 e. The fourth-order valence-corrected chi connectivity index (χ4v) is 1.95. The molecule has 100 valence electrons. The summed E-state index contributed by atoms with van der Waals surface area (Å²) in [5.74, 6) is -0.479. The highest BCUT2D eigenvalue weighted by atomic mass is 32.1. The van der Waals surface area contributed by atoms with Crippen LogP contribution in [0.4, 0.5) is 5.82 Å². The zero-order valence-electron chi connectivity index (χ0n) is 10.4. The van der Waals surface area contributed by atoms with Crippen molar-refractivity contribution >= 4 is 29.0 Å². The van der Waals surface area contributed by atoms with E-state index in [1.54, 1.807) is 24.9 Å². The van der Waals surface area contributed by atoms with E-state index in [0.29, 0.717) is 5.69 Å². The van der Waals surface area contributed by atoms with Crippen molar-refractivity contribution in [2.45, 2.75) is 6.92 Å². The van der Waals surface area contributed by atoms with Gasteiger partial charge in [-0.3, -0.25) is 4.79 Å². The van der Waals surface area contributed by atoms with Crippen molar-refractivity contribution in [3.8, 4) is 0 Å². The second-order valence-electron chi connectivity index (χ2n) is 3.61. The van der Waals surface area contributed by atoms with Crippen molar-refractivity contribution in [1.29, 1.82) is 0 Å². The first-order valence-electron chi connectivity index (χ1n) is 5.51. The number of ether oxygens (including phenoxy) is 1. The molecule has 19 heavy (non-hydrogen) atoms. The first-order chi connectivity index (χ1) is 9.11. The van der Waals surface area contributed by atoms with E-state index in [1.807, 2.05) is 0 Å². The van der Waals surface area contributed by atoms with Crippen LogP contribution in [0.2, 0.25) is 0 Å². The molecule has 2 heterocycles. The standard InChI is InChI=1S/C11H12N4O3S/c1-3-18-11(17)9-13-8(4-15(9)2)14-10(16)7-5-19-6-12-7/h4-6H,3H2,1-2H3,(H,14,16). The molecular weight excluding hydrogens is 268 g/mol. The molecule has 7 nitrogen and oxygen atoms in total. The lowest BCUT2D eigenvalue weighted by Gasteiger charge is -1.99. The average Bonchev–Trinajstić information content (AvgIpc) is 2.99. The molecule has 0 fully saturated rings. The summed E-state index contributed by atoms with van der Waals surface area (Å²) in [7, 11) is 1.65. The Kier molecular flexibility index (Phi) is 3.91. The molecule has 2 rings (SSSR count). The summed E-state index contributed by atoms with van der Waals surface area (Å²) in [6.07, 6.45) is 1.54. The zero-order valence-corrected chi connectivity index (χ0v) is 11.2. The van der Waals surface area contributed by atoms with Gasteiger partial charge < -0.3 is 14.6 Å². The first kappa shape index (κ1) is 13.2. The molecule has 0 bridgehead atoms. The van der Waals surface area contributed by atoms with E-state index in [2.05, 4.69) is 15.3 Å². The molecular formula is C11H12N4O3S. The third-order valence-electron chi connectivity index (χ3n) is 2.24. The van der Waals surface area contributed by atoms with Crippen molar-refractivity contribution in [1.82, 2.24) is 14.5 Å².